The van der Waals surface area contributed by atoms with Crippen molar-refractivity contribution in [2.24, 2.45) is 0 Å². The molecule has 0 bridgehead atoms. The van der Waals surface area contributed by atoms with E-state index in [2.05, 4.69) is 17.6 Å². The number of amides is 4. The minimum atomic E-state index is -0.579. The highest BCUT2D eigenvalue weighted by Gasteiger charge is 2.36. The van der Waals surface area contributed by atoms with Gasteiger partial charge in [-0.2, -0.15) is 0 Å². The Bertz CT molecular complexity index is 1460. The lowest BCUT2D eigenvalue weighted by atomic mass is 10.1. The third kappa shape index (κ3) is 7.43. The Morgan fingerprint density at radius 1 is 0.925 bits per heavy atom. The van der Waals surface area contributed by atoms with Gasteiger partial charge in [-0.15, -0.1) is 0 Å². The predicted molar refractivity (Wildman–Crippen MR) is 156 cm³/mol. The number of ether oxygens (including phenoxy) is 2. The van der Waals surface area contributed by atoms with E-state index >= 15 is 0 Å². The van der Waals surface area contributed by atoms with Crippen LogP contribution < -0.4 is 20.1 Å². The van der Waals surface area contributed by atoms with Gasteiger partial charge in [-0.25, -0.2) is 0 Å². The van der Waals surface area contributed by atoms with Crippen molar-refractivity contribution in [3.63, 3.8) is 0 Å². The summed E-state index contributed by atoms with van der Waals surface area (Å²) in [5, 5.41) is 5.37. The molecule has 3 aromatic rings. The lowest BCUT2D eigenvalue weighted by Crippen LogP contribution is -2.36. The number of nitrogens with one attached hydrogen (secondary N) is 2. The van der Waals surface area contributed by atoms with Crippen molar-refractivity contribution in [2.45, 2.75) is 13.3 Å². The molecule has 0 spiro atoms. The molecule has 206 valence electrons. The number of benzene rings is 3. The van der Waals surface area contributed by atoms with Crippen LogP contribution in [0.1, 0.15) is 18.1 Å². The van der Waals surface area contributed by atoms with E-state index in [-0.39, 0.29) is 17.4 Å². The molecule has 0 unspecified atom stereocenters. The highest BCUT2D eigenvalue weighted by Crippen LogP contribution is 2.34. The van der Waals surface area contributed by atoms with Gasteiger partial charge < -0.3 is 20.1 Å². The lowest BCUT2D eigenvalue weighted by Gasteiger charge is -2.13. The highest BCUT2D eigenvalue weighted by atomic mass is 35.5. The third-order valence-corrected chi connectivity index (χ3v) is 6.95. The Labute approximate surface area is 240 Å². The Kier molecular flexibility index (Phi) is 9.47. The number of nitrogens with zero attached hydrogens (tertiary/aromatic N) is 1. The van der Waals surface area contributed by atoms with Crippen LogP contribution in [-0.2, 0) is 20.8 Å². The summed E-state index contributed by atoms with van der Waals surface area (Å²) in [5.41, 5.74) is 2.91. The second-order valence-electron chi connectivity index (χ2n) is 8.62. The molecule has 4 amide bonds. The van der Waals surface area contributed by atoms with Crippen molar-refractivity contribution in [2.75, 3.05) is 30.9 Å². The third-order valence-electron chi connectivity index (χ3n) is 5.79. The first-order valence-corrected chi connectivity index (χ1v) is 13.5. The van der Waals surface area contributed by atoms with E-state index in [4.69, 9.17) is 21.1 Å². The van der Waals surface area contributed by atoms with Crippen LogP contribution in [-0.4, -0.2) is 48.1 Å². The van der Waals surface area contributed by atoms with Gasteiger partial charge in [0.1, 0.15) is 6.54 Å². The smallest absolute Gasteiger partial charge is 0.294 e. The number of carbonyl (C=O) groups excluding carboxylic acids is 4. The molecular formula is C29H26ClN3O6S. The molecule has 1 heterocycles. The normalized spacial score (nSPS) is 13.9. The van der Waals surface area contributed by atoms with Crippen molar-refractivity contribution in [3.05, 3.63) is 87.8 Å². The largest absolute Gasteiger partial charge is 0.493 e. The van der Waals surface area contributed by atoms with Gasteiger partial charge in [-0.1, -0.05) is 36.7 Å². The molecule has 1 saturated heterocycles. The minimum absolute atomic E-state index is 0.161. The van der Waals surface area contributed by atoms with Gasteiger partial charge in [0, 0.05) is 16.4 Å². The van der Waals surface area contributed by atoms with E-state index in [0.29, 0.717) is 33.5 Å². The monoisotopic (exact) mass is 579 g/mol. The quantitative estimate of drug-likeness (QED) is 0.300. The van der Waals surface area contributed by atoms with Crippen molar-refractivity contribution in [3.8, 4) is 11.5 Å². The number of aryl methyl sites for hydroxylation is 1. The molecular weight excluding hydrogens is 554 g/mol. The van der Waals surface area contributed by atoms with E-state index in [0.717, 1.165) is 23.1 Å². The number of carbonyl (C=O) groups is 4. The summed E-state index contributed by atoms with van der Waals surface area (Å²) in [7, 11) is 1.45. The number of halogens is 1. The van der Waals surface area contributed by atoms with Gasteiger partial charge in [0.25, 0.3) is 17.1 Å². The molecule has 1 fully saturated rings. The molecule has 3 aromatic carbocycles. The van der Waals surface area contributed by atoms with Crippen molar-refractivity contribution in [1.29, 1.82) is 0 Å². The summed E-state index contributed by atoms with van der Waals surface area (Å²) in [5.74, 6) is -0.747. The summed E-state index contributed by atoms with van der Waals surface area (Å²) >= 11 is 6.59. The molecule has 40 heavy (non-hydrogen) atoms. The first-order chi connectivity index (χ1) is 19.2. The number of rotatable bonds is 10. The topological polar surface area (TPSA) is 114 Å². The Hall–Kier alpha value is -4.28. The van der Waals surface area contributed by atoms with Gasteiger partial charge in [-0.3, -0.25) is 24.1 Å². The molecule has 2 N–H and O–H groups in total. The van der Waals surface area contributed by atoms with Gasteiger partial charge >= 0.3 is 0 Å². The fourth-order valence-electron chi connectivity index (χ4n) is 3.72. The van der Waals surface area contributed by atoms with Crippen LogP contribution in [0, 0.1) is 0 Å². The van der Waals surface area contributed by atoms with Gasteiger partial charge in [0.05, 0.1) is 12.0 Å². The first-order valence-electron chi connectivity index (χ1n) is 12.3. The van der Waals surface area contributed by atoms with Crippen LogP contribution in [0.3, 0.4) is 0 Å². The molecule has 1 aliphatic heterocycles. The van der Waals surface area contributed by atoms with E-state index in [1.54, 1.807) is 42.5 Å². The fraction of sp³-hybridized carbons (Fsp3) is 0.172. The Morgan fingerprint density at radius 2 is 1.57 bits per heavy atom. The Morgan fingerprint density at radius 3 is 2.23 bits per heavy atom. The predicted octanol–water partition coefficient (Wildman–Crippen LogP) is 5.60. The maximum atomic E-state index is 12.9. The van der Waals surface area contributed by atoms with Crippen LogP contribution >= 0.6 is 23.4 Å². The van der Waals surface area contributed by atoms with Crippen LogP contribution in [0.2, 0.25) is 5.02 Å². The standard InChI is InChI=1S/C29H26ClN3O6S/c1-3-18-4-9-21(10-5-18)32-27(35)17-39-23-13-6-19(14-24(23)38-2)15-25-28(36)33(29(37)40-25)16-26(34)31-22-11-7-20(30)8-12-22/h4-15H,3,16-17H2,1-2H3,(H,31,34)(H,32,35)/b25-15-. The second-order valence-corrected chi connectivity index (χ2v) is 10.1. The van der Waals surface area contributed by atoms with Gasteiger partial charge in [0.15, 0.2) is 18.1 Å². The van der Waals surface area contributed by atoms with Crippen LogP contribution in [0.25, 0.3) is 6.08 Å². The molecule has 0 saturated carbocycles. The average Bonchev–Trinajstić information content (AvgIpc) is 3.21. The molecule has 0 radical (unpaired) electrons. The van der Waals surface area contributed by atoms with E-state index < -0.39 is 23.6 Å². The number of anilines is 2. The van der Waals surface area contributed by atoms with Crippen LogP contribution in [0.15, 0.2) is 71.6 Å². The number of hydrogen-bond acceptors (Lipinski definition) is 7. The number of methoxy groups -OCH3 is 1. The van der Waals surface area contributed by atoms with Crippen LogP contribution in [0.4, 0.5) is 16.2 Å². The molecule has 0 atom stereocenters. The average molecular weight is 580 g/mol. The summed E-state index contributed by atoms with van der Waals surface area (Å²) in [6, 6.07) is 18.9. The molecule has 11 heteroatoms. The van der Waals surface area contributed by atoms with Crippen molar-refractivity contribution >= 4 is 63.8 Å². The second kappa shape index (κ2) is 13.2. The zero-order valence-corrected chi connectivity index (χ0v) is 23.3. The summed E-state index contributed by atoms with van der Waals surface area (Å²) in [4.78, 5) is 51.1. The Balaban J connectivity index is 1.36. The van der Waals surface area contributed by atoms with Crippen molar-refractivity contribution < 1.29 is 28.7 Å². The van der Waals surface area contributed by atoms with Crippen LogP contribution in [0.5, 0.6) is 11.5 Å². The summed E-state index contributed by atoms with van der Waals surface area (Å²) in [6.45, 7) is 1.40. The number of thioether (sulfide) groups is 1. The van der Waals surface area contributed by atoms with Gasteiger partial charge in [-0.05, 0) is 83.9 Å². The number of imide groups is 1. The zero-order valence-electron chi connectivity index (χ0n) is 21.7. The SMILES string of the molecule is CCc1ccc(NC(=O)COc2ccc(/C=C3\SC(=O)N(CC(=O)Nc4ccc(Cl)cc4)C3=O)cc2OC)cc1. The highest BCUT2D eigenvalue weighted by molar-refractivity contribution is 8.18. The molecule has 0 aliphatic carbocycles. The molecule has 4 rings (SSSR count). The van der Waals surface area contributed by atoms with E-state index in [9.17, 15) is 19.2 Å². The van der Waals surface area contributed by atoms with E-state index in [1.807, 2.05) is 24.3 Å². The lowest BCUT2D eigenvalue weighted by molar-refractivity contribution is -0.127. The van der Waals surface area contributed by atoms with Gasteiger partial charge in [0.2, 0.25) is 5.91 Å². The maximum absolute atomic E-state index is 12.9. The van der Waals surface area contributed by atoms with E-state index in [1.165, 1.54) is 18.7 Å². The minimum Gasteiger partial charge on any atom is -0.493 e. The number of hydrogen-bond donors (Lipinski definition) is 2. The summed E-state index contributed by atoms with van der Waals surface area (Å²) in [6.07, 6.45) is 2.44. The first kappa shape index (κ1) is 28.7. The fourth-order valence-corrected chi connectivity index (χ4v) is 4.69. The maximum Gasteiger partial charge on any atom is 0.294 e. The summed E-state index contributed by atoms with van der Waals surface area (Å²) < 4.78 is 11.0. The molecule has 0 aromatic heterocycles. The molecule has 9 nitrogen and oxygen atoms in total. The molecule has 1 aliphatic rings. The van der Waals surface area contributed by atoms with Crippen molar-refractivity contribution in [1.82, 2.24) is 4.90 Å². The zero-order chi connectivity index (χ0) is 28.6.